The lowest BCUT2D eigenvalue weighted by atomic mass is 10.1. The fraction of sp³-hybridized carbons (Fsp3) is 0.250. The lowest BCUT2D eigenvalue weighted by Crippen LogP contribution is -2.08. The van der Waals surface area contributed by atoms with Crippen LogP contribution in [-0.2, 0) is 6.42 Å². The van der Waals surface area contributed by atoms with Crippen molar-refractivity contribution in [1.29, 1.82) is 0 Å². The first-order valence-corrected chi connectivity index (χ1v) is 3.79. The minimum absolute atomic E-state index is 0.459. The van der Waals surface area contributed by atoms with Crippen molar-refractivity contribution in [3.63, 3.8) is 0 Å². The molecule has 66 valence electrons. The van der Waals surface area contributed by atoms with E-state index in [4.69, 9.17) is 22.9 Å². The van der Waals surface area contributed by atoms with Gasteiger partial charge in [-0.05, 0) is 24.6 Å². The molecule has 4 heteroatoms. The number of hydrogen-bond acceptors (Lipinski definition) is 4. The van der Waals surface area contributed by atoms with Crippen molar-refractivity contribution < 1.29 is 0 Å². The largest absolute Gasteiger partial charge is 0.397 e. The van der Waals surface area contributed by atoms with Crippen molar-refractivity contribution in [2.75, 3.05) is 23.7 Å². The van der Waals surface area contributed by atoms with Crippen LogP contribution in [0.25, 0.3) is 0 Å². The highest BCUT2D eigenvalue weighted by Gasteiger charge is 2.04. The molecule has 0 amide bonds. The molecule has 0 bridgehead atoms. The van der Waals surface area contributed by atoms with Crippen molar-refractivity contribution in [1.82, 2.24) is 0 Å². The SMILES string of the molecule is NCCc1ccc(N)c(N)c1N. The quantitative estimate of drug-likeness (QED) is 0.462. The minimum atomic E-state index is 0.459. The van der Waals surface area contributed by atoms with Crippen molar-refractivity contribution in [2.24, 2.45) is 5.73 Å². The monoisotopic (exact) mass is 166 g/mol. The summed E-state index contributed by atoms with van der Waals surface area (Å²) in [6, 6.07) is 3.60. The molecule has 0 unspecified atom stereocenters. The molecule has 12 heavy (non-hydrogen) atoms. The zero-order valence-corrected chi connectivity index (χ0v) is 6.88. The Hall–Kier alpha value is -1.42. The van der Waals surface area contributed by atoms with Crippen LogP contribution >= 0.6 is 0 Å². The Balaban J connectivity index is 3.08. The molecule has 8 N–H and O–H groups in total. The summed E-state index contributed by atoms with van der Waals surface area (Å²) in [5, 5.41) is 0. The summed E-state index contributed by atoms with van der Waals surface area (Å²) in [5.41, 5.74) is 24.8. The maximum Gasteiger partial charge on any atom is 0.0784 e. The third kappa shape index (κ3) is 1.43. The molecule has 0 aliphatic carbocycles. The highest BCUT2D eigenvalue weighted by atomic mass is 14.7. The Bertz CT molecular complexity index is 283. The fourth-order valence-corrected chi connectivity index (χ4v) is 1.07. The van der Waals surface area contributed by atoms with E-state index in [-0.39, 0.29) is 0 Å². The molecule has 0 aromatic heterocycles. The van der Waals surface area contributed by atoms with Gasteiger partial charge < -0.3 is 22.9 Å². The Morgan fingerprint density at radius 3 is 2.25 bits per heavy atom. The number of hydrogen-bond donors (Lipinski definition) is 4. The zero-order valence-electron chi connectivity index (χ0n) is 6.88. The average molecular weight is 166 g/mol. The summed E-state index contributed by atoms with van der Waals surface area (Å²) in [7, 11) is 0. The van der Waals surface area contributed by atoms with Gasteiger partial charge in [0.25, 0.3) is 0 Å². The predicted molar refractivity (Wildman–Crippen MR) is 52.4 cm³/mol. The van der Waals surface area contributed by atoms with Crippen LogP contribution in [0.2, 0.25) is 0 Å². The summed E-state index contributed by atoms with van der Waals surface area (Å²) in [6.45, 7) is 0.563. The first kappa shape index (κ1) is 8.67. The first-order chi connectivity index (χ1) is 5.66. The summed E-state index contributed by atoms with van der Waals surface area (Å²) < 4.78 is 0. The van der Waals surface area contributed by atoms with Gasteiger partial charge in [-0.1, -0.05) is 6.07 Å². The van der Waals surface area contributed by atoms with Crippen LogP contribution in [0.4, 0.5) is 17.1 Å². The van der Waals surface area contributed by atoms with Gasteiger partial charge in [0, 0.05) is 0 Å². The van der Waals surface area contributed by atoms with Gasteiger partial charge in [0.05, 0.1) is 17.1 Å². The summed E-state index contributed by atoms with van der Waals surface area (Å²) in [6.07, 6.45) is 0.732. The number of nitrogens with two attached hydrogens (primary N) is 4. The second kappa shape index (κ2) is 3.32. The number of anilines is 3. The van der Waals surface area contributed by atoms with Gasteiger partial charge in [0.15, 0.2) is 0 Å². The van der Waals surface area contributed by atoms with E-state index in [0.717, 1.165) is 12.0 Å². The lowest BCUT2D eigenvalue weighted by Gasteiger charge is -2.08. The van der Waals surface area contributed by atoms with E-state index in [1.807, 2.05) is 6.07 Å². The van der Waals surface area contributed by atoms with Crippen LogP contribution in [0.1, 0.15) is 5.56 Å². The molecule has 0 aliphatic heterocycles. The Kier molecular flexibility index (Phi) is 2.40. The first-order valence-electron chi connectivity index (χ1n) is 3.79. The third-order valence-electron chi connectivity index (χ3n) is 1.82. The van der Waals surface area contributed by atoms with Gasteiger partial charge in [-0.2, -0.15) is 0 Å². The molecular formula is C8H14N4. The van der Waals surface area contributed by atoms with Gasteiger partial charge in [-0.15, -0.1) is 0 Å². The minimum Gasteiger partial charge on any atom is -0.397 e. The molecule has 0 saturated heterocycles. The fourth-order valence-electron chi connectivity index (χ4n) is 1.07. The van der Waals surface area contributed by atoms with Gasteiger partial charge in [-0.3, -0.25) is 0 Å². The van der Waals surface area contributed by atoms with Crippen LogP contribution in [0.5, 0.6) is 0 Å². The highest BCUT2D eigenvalue weighted by molar-refractivity contribution is 5.79. The van der Waals surface area contributed by atoms with Gasteiger partial charge >= 0.3 is 0 Å². The van der Waals surface area contributed by atoms with E-state index in [0.29, 0.717) is 23.6 Å². The summed E-state index contributed by atoms with van der Waals surface area (Å²) in [5.74, 6) is 0. The molecule has 0 saturated carbocycles. The second-order valence-corrected chi connectivity index (χ2v) is 2.68. The predicted octanol–water partition coefficient (Wildman–Crippen LogP) is -0.0656. The molecule has 0 radical (unpaired) electrons. The average Bonchev–Trinajstić information content (AvgIpc) is 2.07. The van der Waals surface area contributed by atoms with E-state index in [9.17, 15) is 0 Å². The summed E-state index contributed by atoms with van der Waals surface area (Å²) in [4.78, 5) is 0. The smallest absolute Gasteiger partial charge is 0.0784 e. The standard InChI is InChI=1S/C8H14N4/c9-4-3-5-1-2-6(10)8(12)7(5)11/h1-2H,3-4,9-12H2. The molecular weight excluding hydrogens is 152 g/mol. The van der Waals surface area contributed by atoms with Crippen LogP contribution in [0, 0.1) is 0 Å². The molecule has 1 aromatic rings. The maximum atomic E-state index is 5.71. The second-order valence-electron chi connectivity index (χ2n) is 2.68. The third-order valence-corrected chi connectivity index (χ3v) is 1.82. The van der Waals surface area contributed by atoms with E-state index < -0.39 is 0 Å². The van der Waals surface area contributed by atoms with E-state index in [1.54, 1.807) is 6.07 Å². The summed E-state index contributed by atoms with van der Waals surface area (Å²) >= 11 is 0. The molecule has 1 aromatic carbocycles. The van der Waals surface area contributed by atoms with Gasteiger partial charge in [0.2, 0.25) is 0 Å². The van der Waals surface area contributed by atoms with E-state index in [1.165, 1.54) is 0 Å². The Morgan fingerprint density at radius 1 is 1.00 bits per heavy atom. The molecule has 4 nitrogen and oxygen atoms in total. The topological polar surface area (TPSA) is 104 Å². The molecule has 0 fully saturated rings. The zero-order chi connectivity index (χ0) is 9.14. The number of benzene rings is 1. The molecule has 0 atom stereocenters. The molecule has 1 rings (SSSR count). The van der Waals surface area contributed by atoms with Crippen molar-refractivity contribution in [3.05, 3.63) is 17.7 Å². The van der Waals surface area contributed by atoms with Gasteiger partial charge in [-0.25, -0.2) is 0 Å². The number of nitrogen functional groups attached to an aromatic ring is 3. The highest BCUT2D eigenvalue weighted by Crippen LogP contribution is 2.26. The van der Waals surface area contributed by atoms with Crippen LogP contribution in [0.3, 0.4) is 0 Å². The van der Waals surface area contributed by atoms with Crippen molar-refractivity contribution in [3.8, 4) is 0 Å². The molecule has 0 spiro atoms. The molecule has 0 aliphatic rings. The Morgan fingerprint density at radius 2 is 1.67 bits per heavy atom. The van der Waals surface area contributed by atoms with E-state index >= 15 is 0 Å². The normalized spacial score (nSPS) is 10.1. The van der Waals surface area contributed by atoms with Crippen molar-refractivity contribution >= 4 is 17.1 Å². The maximum absolute atomic E-state index is 5.71. The van der Waals surface area contributed by atoms with Crippen LogP contribution in [0.15, 0.2) is 12.1 Å². The van der Waals surface area contributed by atoms with E-state index in [2.05, 4.69) is 0 Å². The Labute approximate surface area is 71.5 Å². The lowest BCUT2D eigenvalue weighted by molar-refractivity contribution is 0.972. The molecule has 0 heterocycles. The van der Waals surface area contributed by atoms with Gasteiger partial charge in [0.1, 0.15) is 0 Å². The number of rotatable bonds is 2. The van der Waals surface area contributed by atoms with Crippen molar-refractivity contribution in [2.45, 2.75) is 6.42 Å². The van der Waals surface area contributed by atoms with Crippen LogP contribution in [-0.4, -0.2) is 6.54 Å². The van der Waals surface area contributed by atoms with Crippen LogP contribution < -0.4 is 22.9 Å².